The Morgan fingerprint density at radius 3 is 2.88 bits per heavy atom. The van der Waals surface area contributed by atoms with E-state index in [1.807, 2.05) is 17.5 Å². The number of carbonyl (C=O) groups is 1. The van der Waals surface area contributed by atoms with E-state index in [1.165, 1.54) is 16.1 Å². The predicted octanol–water partition coefficient (Wildman–Crippen LogP) is 2.74. The quantitative estimate of drug-likeness (QED) is 0.878. The number of benzene rings is 1. The van der Waals surface area contributed by atoms with Crippen molar-refractivity contribution in [3.8, 4) is 0 Å². The number of fused-ring (bicyclic) bond motifs is 1. The smallest absolute Gasteiger partial charge is 0.240 e. The van der Waals surface area contributed by atoms with Gasteiger partial charge >= 0.3 is 0 Å². The number of thiophene rings is 1. The van der Waals surface area contributed by atoms with Crippen LogP contribution in [0.4, 0.5) is 5.69 Å². The molecule has 1 aromatic carbocycles. The van der Waals surface area contributed by atoms with E-state index in [-0.39, 0.29) is 18.1 Å². The van der Waals surface area contributed by atoms with Gasteiger partial charge in [-0.3, -0.25) is 4.79 Å². The lowest BCUT2D eigenvalue weighted by atomic mass is 9.77. The fraction of sp³-hybridized carbons (Fsp3) is 0.421. The molecule has 2 N–H and O–H groups in total. The summed E-state index contributed by atoms with van der Waals surface area (Å²) in [6.07, 6.45) is 2.34. The van der Waals surface area contributed by atoms with Crippen molar-refractivity contribution in [2.24, 2.45) is 5.92 Å². The molecule has 0 radical (unpaired) electrons. The van der Waals surface area contributed by atoms with Gasteiger partial charge in [0.1, 0.15) is 0 Å². The van der Waals surface area contributed by atoms with Crippen LogP contribution in [-0.2, 0) is 11.2 Å². The molecular formula is C19H22N2O2S. The third kappa shape index (κ3) is 3.06. The maximum atomic E-state index is 12.6. The molecule has 1 saturated carbocycles. The number of carbonyl (C=O) groups excluding carboxylic acids is 1. The largest absolute Gasteiger partial charge is 0.393 e. The Hall–Kier alpha value is -1.85. The van der Waals surface area contributed by atoms with Crippen molar-refractivity contribution >= 4 is 22.9 Å². The number of hydrogen-bond donors (Lipinski definition) is 2. The van der Waals surface area contributed by atoms with Crippen molar-refractivity contribution < 1.29 is 9.90 Å². The molecule has 5 heteroatoms. The van der Waals surface area contributed by atoms with E-state index >= 15 is 0 Å². The molecule has 0 spiro atoms. The van der Waals surface area contributed by atoms with E-state index in [0.717, 1.165) is 25.8 Å². The minimum Gasteiger partial charge on any atom is -0.393 e. The van der Waals surface area contributed by atoms with Crippen LogP contribution in [0, 0.1) is 5.92 Å². The summed E-state index contributed by atoms with van der Waals surface area (Å²) >= 11 is 1.67. The van der Waals surface area contributed by atoms with Gasteiger partial charge < -0.3 is 15.3 Å². The molecule has 1 atom stereocenters. The van der Waals surface area contributed by atoms with Crippen molar-refractivity contribution in [2.45, 2.75) is 31.4 Å². The van der Waals surface area contributed by atoms with Crippen molar-refractivity contribution in [3.63, 3.8) is 0 Å². The Morgan fingerprint density at radius 1 is 1.29 bits per heavy atom. The van der Waals surface area contributed by atoms with Crippen molar-refractivity contribution in [1.29, 1.82) is 0 Å². The van der Waals surface area contributed by atoms with Crippen LogP contribution in [0.1, 0.15) is 29.3 Å². The van der Waals surface area contributed by atoms with Gasteiger partial charge in [-0.05, 0) is 48.3 Å². The number of aliphatic hydroxyl groups excluding tert-OH is 1. The number of para-hydroxylation sites is 1. The maximum Gasteiger partial charge on any atom is 0.240 e. The van der Waals surface area contributed by atoms with Crippen molar-refractivity contribution in [3.05, 3.63) is 52.2 Å². The number of nitrogens with zero attached hydrogens (tertiary/aromatic N) is 1. The molecule has 24 heavy (non-hydrogen) atoms. The van der Waals surface area contributed by atoms with E-state index in [2.05, 4.69) is 34.5 Å². The maximum absolute atomic E-state index is 12.6. The lowest BCUT2D eigenvalue weighted by Gasteiger charge is -2.38. The van der Waals surface area contributed by atoms with Crippen LogP contribution in [0.2, 0.25) is 0 Å². The van der Waals surface area contributed by atoms with Gasteiger partial charge in [0, 0.05) is 17.1 Å². The molecule has 2 aliphatic rings. The lowest BCUT2D eigenvalue weighted by molar-refractivity contribution is -0.121. The van der Waals surface area contributed by atoms with Crippen LogP contribution < -0.4 is 10.2 Å². The summed E-state index contributed by atoms with van der Waals surface area (Å²) in [5.74, 6) is 0.403. The topological polar surface area (TPSA) is 52.6 Å². The van der Waals surface area contributed by atoms with E-state index in [4.69, 9.17) is 0 Å². The average molecular weight is 342 g/mol. The molecule has 126 valence electrons. The second-order valence-electron chi connectivity index (χ2n) is 6.75. The lowest BCUT2D eigenvalue weighted by Crippen LogP contribution is -2.44. The van der Waals surface area contributed by atoms with Crippen LogP contribution in [0.15, 0.2) is 41.8 Å². The molecule has 4 nitrogen and oxygen atoms in total. The molecule has 1 amide bonds. The monoisotopic (exact) mass is 342 g/mol. The zero-order valence-corrected chi connectivity index (χ0v) is 14.3. The highest BCUT2D eigenvalue weighted by Gasteiger charge is 2.36. The Morgan fingerprint density at radius 2 is 2.12 bits per heavy atom. The standard InChI is InChI=1S/C19H22N2O2S/c22-15-10-14(11-15)19(17-6-3-9-24-17)20-18(23)12-21-8-7-13-4-1-2-5-16(13)21/h1-6,9,14-15,19,22H,7-8,10-12H2,(H,20,23). The van der Waals surface area contributed by atoms with E-state index < -0.39 is 0 Å². The number of nitrogens with one attached hydrogen (secondary N) is 1. The number of hydrogen-bond acceptors (Lipinski definition) is 4. The Labute approximate surface area is 146 Å². The summed E-state index contributed by atoms with van der Waals surface area (Å²) in [6.45, 7) is 1.30. The van der Waals surface area contributed by atoms with Crippen LogP contribution in [0.5, 0.6) is 0 Å². The van der Waals surface area contributed by atoms with Gasteiger partial charge in [0.05, 0.1) is 18.7 Å². The third-order valence-electron chi connectivity index (χ3n) is 5.11. The molecular weight excluding hydrogens is 320 g/mol. The minimum atomic E-state index is -0.208. The molecule has 2 aromatic rings. The van der Waals surface area contributed by atoms with Gasteiger partial charge in [0.2, 0.25) is 5.91 Å². The summed E-state index contributed by atoms with van der Waals surface area (Å²) in [7, 11) is 0. The normalized spacial score (nSPS) is 23.5. The average Bonchev–Trinajstić information content (AvgIpc) is 3.20. The van der Waals surface area contributed by atoms with Crippen LogP contribution >= 0.6 is 11.3 Å². The SMILES string of the molecule is O=C(CN1CCc2ccccc21)NC(c1cccs1)C1CC(O)C1. The van der Waals surface area contributed by atoms with Gasteiger partial charge in [-0.1, -0.05) is 24.3 Å². The fourth-order valence-electron chi connectivity index (χ4n) is 3.75. The first-order valence-electron chi connectivity index (χ1n) is 8.54. The van der Waals surface area contributed by atoms with Gasteiger partial charge in [0.15, 0.2) is 0 Å². The highest BCUT2D eigenvalue weighted by Crippen LogP contribution is 2.39. The Balaban J connectivity index is 1.43. The van der Waals surface area contributed by atoms with Gasteiger partial charge in [-0.25, -0.2) is 0 Å². The summed E-state index contributed by atoms with van der Waals surface area (Å²) in [5, 5.41) is 14.9. The zero-order chi connectivity index (χ0) is 16.5. The third-order valence-corrected chi connectivity index (χ3v) is 6.06. The summed E-state index contributed by atoms with van der Waals surface area (Å²) < 4.78 is 0. The Bertz CT molecular complexity index is 710. The van der Waals surface area contributed by atoms with Crippen LogP contribution in [-0.4, -0.2) is 30.2 Å². The number of rotatable bonds is 5. The fourth-order valence-corrected chi connectivity index (χ4v) is 4.62. The molecule has 1 aliphatic carbocycles. The van der Waals surface area contributed by atoms with Gasteiger partial charge in [-0.15, -0.1) is 11.3 Å². The van der Waals surface area contributed by atoms with E-state index in [0.29, 0.717) is 12.5 Å². The van der Waals surface area contributed by atoms with Crippen molar-refractivity contribution in [1.82, 2.24) is 5.32 Å². The van der Waals surface area contributed by atoms with Gasteiger partial charge in [-0.2, -0.15) is 0 Å². The van der Waals surface area contributed by atoms with Crippen LogP contribution in [0.3, 0.4) is 0 Å². The van der Waals surface area contributed by atoms with Crippen LogP contribution in [0.25, 0.3) is 0 Å². The first-order valence-corrected chi connectivity index (χ1v) is 9.42. The second kappa shape index (κ2) is 6.57. The highest BCUT2D eigenvalue weighted by molar-refractivity contribution is 7.10. The molecule has 0 bridgehead atoms. The van der Waals surface area contributed by atoms with Gasteiger partial charge in [0.25, 0.3) is 0 Å². The van der Waals surface area contributed by atoms with E-state index in [1.54, 1.807) is 11.3 Å². The predicted molar refractivity (Wildman–Crippen MR) is 96.3 cm³/mol. The minimum absolute atomic E-state index is 0.0266. The Kier molecular flexibility index (Phi) is 4.29. The van der Waals surface area contributed by atoms with E-state index in [9.17, 15) is 9.90 Å². The molecule has 0 saturated heterocycles. The number of aliphatic hydroxyl groups is 1. The summed E-state index contributed by atoms with van der Waals surface area (Å²) in [6, 6.07) is 12.4. The molecule has 1 unspecified atom stereocenters. The molecule has 4 rings (SSSR count). The molecule has 1 aromatic heterocycles. The first kappa shape index (κ1) is 15.7. The number of amides is 1. The molecule has 1 aliphatic heterocycles. The second-order valence-corrected chi connectivity index (χ2v) is 7.73. The zero-order valence-electron chi connectivity index (χ0n) is 13.5. The summed E-state index contributed by atoms with van der Waals surface area (Å²) in [5.41, 5.74) is 2.50. The molecule has 1 fully saturated rings. The van der Waals surface area contributed by atoms with Crippen molar-refractivity contribution in [2.75, 3.05) is 18.0 Å². The molecule has 2 heterocycles. The number of anilines is 1. The highest BCUT2D eigenvalue weighted by atomic mass is 32.1. The summed E-state index contributed by atoms with van der Waals surface area (Å²) in [4.78, 5) is 16.0. The first-order chi connectivity index (χ1) is 11.7.